The van der Waals surface area contributed by atoms with Crippen molar-refractivity contribution in [1.82, 2.24) is 15.0 Å². The highest BCUT2D eigenvalue weighted by molar-refractivity contribution is 6.34. The van der Waals surface area contributed by atoms with Crippen LogP contribution >= 0.6 is 11.6 Å². The van der Waals surface area contributed by atoms with E-state index in [2.05, 4.69) is 44.5 Å². The first kappa shape index (κ1) is 20.5. The molecule has 8 nitrogen and oxygen atoms in total. The van der Waals surface area contributed by atoms with Crippen molar-refractivity contribution in [2.24, 2.45) is 23.5 Å². The van der Waals surface area contributed by atoms with Crippen LogP contribution in [0.2, 0.25) is 5.02 Å². The molecule has 6 rings (SSSR count). The van der Waals surface area contributed by atoms with Gasteiger partial charge in [0, 0.05) is 30.4 Å². The fraction of sp³-hybridized carbons (Fsp3) is 0.375. The summed E-state index contributed by atoms with van der Waals surface area (Å²) in [5.74, 6) is 0.612. The van der Waals surface area contributed by atoms with Crippen LogP contribution in [0.25, 0.3) is 22.6 Å². The molecule has 4 atom stereocenters. The standard InChI is InChI=1S/C24H25ClN6O2/c25-17-12-27-24-21(20(17)28-19-14-5-4-13(10-14)18(19)22(26)32)29-23(30-24)15-2-1-3-16(11-15)31-6-8-33-9-7-31/h1-5,11-14,18-19H,6-10H2,(H2,26,32)(H2,27,28,29,30)/t13-,14+,18+,19-/m1/s1. The molecule has 0 radical (unpaired) electrons. The molecule has 2 aromatic heterocycles. The lowest BCUT2D eigenvalue weighted by atomic mass is 9.88. The second kappa shape index (κ2) is 8.04. The van der Waals surface area contributed by atoms with Gasteiger partial charge >= 0.3 is 0 Å². The number of primary amides is 1. The van der Waals surface area contributed by atoms with Gasteiger partial charge in [0.25, 0.3) is 0 Å². The predicted octanol–water partition coefficient (Wildman–Crippen LogP) is 3.20. The number of ether oxygens (including phenoxy) is 1. The lowest BCUT2D eigenvalue weighted by Gasteiger charge is -2.29. The third-order valence-corrected chi connectivity index (χ3v) is 7.35. The number of allylic oxidation sites excluding steroid dienone is 1. The number of carbonyl (C=O) groups excluding carboxylic acids is 1. The highest BCUT2D eigenvalue weighted by atomic mass is 35.5. The molecule has 1 saturated carbocycles. The van der Waals surface area contributed by atoms with Crippen LogP contribution in [0, 0.1) is 17.8 Å². The van der Waals surface area contributed by atoms with Crippen molar-refractivity contribution in [3.8, 4) is 11.4 Å². The molecule has 0 spiro atoms. The summed E-state index contributed by atoms with van der Waals surface area (Å²) < 4.78 is 5.47. The van der Waals surface area contributed by atoms with Gasteiger partial charge in [-0.1, -0.05) is 35.9 Å². The van der Waals surface area contributed by atoms with Crippen LogP contribution in [0.3, 0.4) is 0 Å². The van der Waals surface area contributed by atoms with Gasteiger partial charge in [-0.05, 0) is 30.4 Å². The van der Waals surface area contributed by atoms with Gasteiger partial charge in [0.15, 0.2) is 5.65 Å². The number of hydrogen-bond donors (Lipinski definition) is 3. The largest absolute Gasteiger partial charge is 0.378 e. The Kier molecular flexibility index (Phi) is 4.99. The van der Waals surface area contributed by atoms with Gasteiger partial charge in [-0.2, -0.15) is 0 Å². The van der Waals surface area contributed by atoms with E-state index in [9.17, 15) is 4.79 Å². The van der Waals surface area contributed by atoms with Gasteiger partial charge in [-0.25, -0.2) is 9.97 Å². The van der Waals surface area contributed by atoms with Crippen molar-refractivity contribution >= 4 is 40.0 Å². The molecule has 33 heavy (non-hydrogen) atoms. The highest BCUT2D eigenvalue weighted by Crippen LogP contribution is 2.46. The molecular weight excluding hydrogens is 440 g/mol. The minimum atomic E-state index is -0.281. The molecule has 2 aliphatic carbocycles. The molecule has 3 heterocycles. The third kappa shape index (κ3) is 3.54. The number of carbonyl (C=O) groups is 1. The normalized spacial score (nSPS) is 26.3. The summed E-state index contributed by atoms with van der Waals surface area (Å²) in [5.41, 5.74) is 9.86. The summed E-state index contributed by atoms with van der Waals surface area (Å²) in [7, 11) is 0. The summed E-state index contributed by atoms with van der Waals surface area (Å²) in [5, 5.41) is 4.01. The summed E-state index contributed by atoms with van der Waals surface area (Å²) in [4.78, 5) is 27.1. The number of aromatic amines is 1. The lowest BCUT2D eigenvalue weighted by Crippen LogP contribution is -2.41. The van der Waals surface area contributed by atoms with Gasteiger partial charge in [0.2, 0.25) is 5.91 Å². The Labute approximate surface area is 196 Å². The molecule has 1 saturated heterocycles. The van der Waals surface area contributed by atoms with Crippen molar-refractivity contribution in [2.45, 2.75) is 12.5 Å². The van der Waals surface area contributed by atoms with Gasteiger partial charge < -0.3 is 25.7 Å². The Balaban J connectivity index is 1.35. The maximum Gasteiger partial charge on any atom is 0.223 e. The van der Waals surface area contributed by atoms with Crippen LogP contribution in [-0.2, 0) is 9.53 Å². The number of amides is 1. The maximum absolute atomic E-state index is 12.2. The molecule has 2 bridgehead atoms. The summed E-state index contributed by atoms with van der Waals surface area (Å²) in [6.07, 6.45) is 6.81. The average Bonchev–Trinajstić information content (AvgIpc) is 3.56. The number of H-pyrrole nitrogens is 1. The molecule has 1 amide bonds. The lowest BCUT2D eigenvalue weighted by molar-refractivity contribution is -0.122. The topological polar surface area (TPSA) is 109 Å². The van der Waals surface area contributed by atoms with Crippen molar-refractivity contribution in [2.75, 3.05) is 36.5 Å². The van der Waals surface area contributed by atoms with Crippen LogP contribution in [0.4, 0.5) is 11.4 Å². The molecule has 3 aromatic rings. The van der Waals surface area contributed by atoms with Crippen LogP contribution in [0.15, 0.2) is 42.6 Å². The number of imidazole rings is 1. The molecule has 1 aromatic carbocycles. The number of morpholine rings is 1. The van der Waals surface area contributed by atoms with E-state index >= 15 is 0 Å². The average molecular weight is 465 g/mol. The summed E-state index contributed by atoms with van der Waals surface area (Å²) in [6, 6.07) is 8.19. The molecule has 1 aliphatic heterocycles. The van der Waals surface area contributed by atoms with Gasteiger partial charge in [-0.15, -0.1) is 0 Å². The minimum absolute atomic E-state index is 0.100. The molecule has 9 heteroatoms. The number of benzene rings is 1. The predicted molar refractivity (Wildman–Crippen MR) is 128 cm³/mol. The first-order chi connectivity index (χ1) is 16.1. The summed E-state index contributed by atoms with van der Waals surface area (Å²) >= 11 is 6.57. The van der Waals surface area contributed by atoms with E-state index < -0.39 is 0 Å². The molecule has 2 fully saturated rings. The summed E-state index contributed by atoms with van der Waals surface area (Å²) in [6.45, 7) is 3.20. The highest BCUT2D eigenvalue weighted by Gasteiger charge is 2.47. The smallest absolute Gasteiger partial charge is 0.223 e. The van der Waals surface area contributed by atoms with Gasteiger partial charge in [-0.3, -0.25) is 4.79 Å². The van der Waals surface area contributed by atoms with Crippen LogP contribution in [0.1, 0.15) is 6.42 Å². The number of anilines is 2. The third-order valence-electron chi connectivity index (χ3n) is 7.07. The zero-order valence-corrected chi connectivity index (χ0v) is 18.8. The van der Waals surface area contributed by atoms with Crippen molar-refractivity contribution in [1.29, 1.82) is 0 Å². The van der Waals surface area contributed by atoms with Crippen LogP contribution in [0.5, 0.6) is 0 Å². The molecule has 4 N–H and O–H groups in total. The van der Waals surface area contributed by atoms with Gasteiger partial charge in [0.1, 0.15) is 11.3 Å². The second-order valence-corrected chi connectivity index (χ2v) is 9.37. The fourth-order valence-electron chi connectivity index (χ4n) is 5.46. The quantitative estimate of drug-likeness (QED) is 0.500. The van der Waals surface area contributed by atoms with E-state index in [-0.39, 0.29) is 29.7 Å². The van der Waals surface area contributed by atoms with E-state index in [4.69, 9.17) is 27.1 Å². The zero-order valence-electron chi connectivity index (χ0n) is 18.0. The molecule has 0 unspecified atom stereocenters. The van der Waals surface area contributed by atoms with Gasteiger partial charge in [0.05, 0.1) is 36.0 Å². The second-order valence-electron chi connectivity index (χ2n) is 8.96. The van der Waals surface area contributed by atoms with Crippen molar-refractivity contribution in [3.05, 3.63) is 47.6 Å². The Morgan fingerprint density at radius 3 is 2.88 bits per heavy atom. The maximum atomic E-state index is 12.2. The SMILES string of the molecule is NC(=O)[C@@H]1[C@H](Nc2c(Cl)cnc3nc(-c4cccc(N5CCOCC5)c4)[nH]c23)[C@H]2C=C[C@@H]1C2. The molecule has 3 aliphatic rings. The first-order valence-corrected chi connectivity index (χ1v) is 11.7. The number of nitrogens with zero attached hydrogens (tertiary/aromatic N) is 3. The number of pyridine rings is 1. The Morgan fingerprint density at radius 2 is 2.06 bits per heavy atom. The van der Waals surface area contributed by atoms with Crippen LogP contribution < -0.4 is 16.0 Å². The Bertz CT molecular complexity index is 1250. The Hall–Kier alpha value is -3.10. The first-order valence-electron chi connectivity index (χ1n) is 11.3. The van der Waals surface area contributed by atoms with Crippen molar-refractivity contribution in [3.63, 3.8) is 0 Å². The number of nitrogens with two attached hydrogens (primary N) is 1. The number of hydrogen-bond acceptors (Lipinski definition) is 6. The monoisotopic (exact) mass is 464 g/mol. The van der Waals surface area contributed by atoms with E-state index in [0.29, 0.717) is 16.4 Å². The van der Waals surface area contributed by atoms with E-state index in [0.717, 1.165) is 55.3 Å². The molecular formula is C24H25ClN6O2. The number of fused-ring (bicyclic) bond motifs is 3. The van der Waals surface area contributed by atoms with E-state index in [1.807, 2.05) is 12.1 Å². The Morgan fingerprint density at radius 1 is 1.24 bits per heavy atom. The van der Waals surface area contributed by atoms with E-state index in [1.165, 1.54) is 0 Å². The number of aromatic nitrogens is 3. The molecule has 170 valence electrons. The van der Waals surface area contributed by atoms with E-state index in [1.54, 1.807) is 6.20 Å². The number of nitrogens with one attached hydrogen (secondary N) is 2. The fourth-order valence-corrected chi connectivity index (χ4v) is 5.65. The zero-order chi connectivity index (χ0) is 22.5. The number of halogens is 1. The van der Waals surface area contributed by atoms with Crippen molar-refractivity contribution < 1.29 is 9.53 Å². The minimum Gasteiger partial charge on any atom is -0.378 e. The number of rotatable bonds is 5. The van der Waals surface area contributed by atoms with Crippen LogP contribution in [-0.4, -0.2) is 53.2 Å².